The van der Waals surface area contributed by atoms with Crippen LogP contribution in [0.15, 0.2) is 29.2 Å². The van der Waals surface area contributed by atoms with Gasteiger partial charge in [0.25, 0.3) is 10.0 Å². The van der Waals surface area contributed by atoms with Crippen LogP contribution in [-0.2, 0) is 14.8 Å². The lowest BCUT2D eigenvalue weighted by molar-refractivity contribution is -0.121. The molecule has 1 saturated heterocycles. The lowest BCUT2D eigenvalue weighted by atomic mass is 10.2. The van der Waals surface area contributed by atoms with Crippen LogP contribution in [0.3, 0.4) is 0 Å². The summed E-state index contributed by atoms with van der Waals surface area (Å²) in [5.41, 5.74) is 0.922. The Morgan fingerprint density at radius 3 is 2.26 bits per heavy atom. The normalized spacial score (nSPS) is 17.9. The van der Waals surface area contributed by atoms with Gasteiger partial charge in [0.1, 0.15) is 6.54 Å². The van der Waals surface area contributed by atoms with Crippen LogP contribution < -0.4 is 5.32 Å². The van der Waals surface area contributed by atoms with Gasteiger partial charge in [-0.2, -0.15) is 0 Å². The van der Waals surface area contributed by atoms with Crippen LogP contribution in [0, 0.1) is 6.92 Å². The molecule has 27 heavy (non-hydrogen) atoms. The molecule has 1 N–H and O–H groups in total. The van der Waals surface area contributed by atoms with Crippen molar-refractivity contribution < 1.29 is 18.0 Å². The highest BCUT2D eigenvalue weighted by molar-refractivity contribution is 7.89. The van der Waals surface area contributed by atoms with Crippen molar-refractivity contribution in [2.24, 2.45) is 0 Å². The molecule has 7 nitrogen and oxygen atoms in total. The van der Waals surface area contributed by atoms with Gasteiger partial charge in [0.2, 0.25) is 5.91 Å². The second kappa shape index (κ2) is 8.29. The maximum Gasteiger partial charge on any atom is 0.334 e. The molecule has 1 aliphatic heterocycles. The van der Waals surface area contributed by atoms with E-state index in [9.17, 15) is 18.0 Å². The van der Waals surface area contributed by atoms with E-state index in [4.69, 9.17) is 0 Å². The zero-order chi connectivity index (χ0) is 19.4. The van der Waals surface area contributed by atoms with Crippen LogP contribution in [0.4, 0.5) is 4.79 Å². The molecular formula is C19H27N3O4S. The molecule has 2 fully saturated rings. The molecule has 3 rings (SSSR count). The summed E-state index contributed by atoms with van der Waals surface area (Å²) >= 11 is 0. The fraction of sp³-hybridized carbons (Fsp3) is 0.579. The molecular weight excluding hydrogens is 366 g/mol. The number of amides is 3. The van der Waals surface area contributed by atoms with Gasteiger partial charge in [-0.1, -0.05) is 30.5 Å². The van der Waals surface area contributed by atoms with E-state index in [2.05, 4.69) is 5.32 Å². The summed E-state index contributed by atoms with van der Waals surface area (Å²) in [6.07, 6.45) is 5.61. The summed E-state index contributed by atoms with van der Waals surface area (Å²) in [6.45, 7) is 2.41. The van der Waals surface area contributed by atoms with Gasteiger partial charge in [-0.15, -0.1) is 0 Å². The number of urea groups is 1. The molecule has 0 unspecified atom stereocenters. The van der Waals surface area contributed by atoms with E-state index in [1.54, 1.807) is 12.1 Å². The molecule has 8 heteroatoms. The number of rotatable bonds is 5. The molecule has 1 aromatic rings. The van der Waals surface area contributed by atoms with Gasteiger partial charge in [-0.25, -0.2) is 17.5 Å². The van der Waals surface area contributed by atoms with E-state index in [0.717, 1.165) is 48.4 Å². The van der Waals surface area contributed by atoms with Gasteiger partial charge < -0.3 is 10.2 Å². The number of aryl methyl sites for hydroxylation is 1. The molecule has 1 saturated carbocycles. The monoisotopic (exact) mass is 393 g/mol. The maximum atomic E-state index is 13.1. The molecule has 2 aliphatic rings. The zero-order valence-electron chi connectivity index (χ0n) is 15.7. The average Bonchev–Trinajstić information content (AvgIpc) is 3.33. The van der Waals surface area contributed by atoms with E-state index >= 15 is 0 Å². The molecule has 3 amide bonds. The highest BCUT2D eigenvalue weighted by atomic mass is 32.2. The number of sulfonamides is 1. The number of nitrogens with zero attached hydrogens (tertiary/aromatic N) is 2. The minimum absolute atomic E-state index is 0.0225. The van der Waals surface area contributed by atoms with Crippen molar-refractivity contribution in [1.29, 1.82) is 0 Å². The first-order chi connectivity index (χ1) is 12.9. The quantitative estimate of drug-likeness (QED) is 0.831. The Morgan fingerprint density at radius 1 is 1.07 bits per heavy atom. The van der Waals surface area contributed by atoms with Gasteiger partial charge in [0.05, 0.1) is 4.90 Å². The standard InChI is InChI=1S/C19H27N3O4S/c1-15-8-10-17(11-9-15)27(25,26)22(19(24)21-12-4-5-13-21)14-18(23)20-16-6-2-3-7-16/h8-11,16H,2-7,12-14H2,1H3,(H,20,23). The lowest BCUT2D eigenvalue weighted by Gasteiger charge is -2.27. The van der Waals surface area contributed by atoms with E-state index in [1.807, 2.05) is 6.92 Å². The van der Waals surface area contributed by atoms with Gasteiger partial charge >= 0.3 is 6.03 Å². The first kappa shape index (κ1) is 19.7. The third-order valence-corrected chi connectivity index (χ3v) is 6.94. The predicted molar refractivity (Wildman–Crippen MR) is 102 cm³/mol. The van der Waals surface area contributed by atoms with E-state index in [-0.39, 0.29) is 10.9 Å². The van der Waals surface area contributed by atoms with Crippen molar-refractivity contribution in [3.63, 3.8) is 0 Å². The minimum atomic E-state index is -4.10. The van der Waals surface area contributed by atoms with Crippen LogP contribution in [0.2, 0.25) is 0 Å². The van der Waals surface area contributed by atoms with Crippen molar-refractivity contribution in [1.82, 2.24) is 14.5 Å². The van der Waals surface area contributed by atoms with Crippen LogP contribution in [0.25, 0.3) is 0 Å². The molecule has 0 aromatic heterocycles. The molecule has 148 valence electrons. The van der Waals surface area contributed by atoms with Crippen LogP contribution in [0.1, 0.15) is 44.1 Å². The van der Waals surface area contributed by atoms with Crippen molar-refractivity contribution in [2.75, 3.05) is 19.6 Å². The Bertz CT molecular complexity index is 780. The Labute approximate surface area is 160 Å². The van der Waals surface area contributed by atoms with Crippen molar-refractivity contribution in [3.8, 4) is 0 Å². The summed E-state index contributed by atoms with van der Waals surface area (Å²) in [5.74, 6) is -0.426. The first-order valence-electron chi connectivity index (χ1n) is 9.55. The number of likely N-dealkylation sites (tertiary alicyclic amines) is 1. The molecule has 0 atom stereocenters. The predicted octanol–water partition coefficient (Wildman–Crippen LogP) is 2.26. The summed E-state index contributed by atoms with van der Waals surface area (Å²) < 4.78 is 27.0. The third kappa shape index (κ3) is 4.61. The van der Waals surface area contributed by atoms with Crippen molar-refractivity contribution >= 4 is 22.0 Å². The SMILES string of the molecule is Cc1ccc(S(=O)(=O)N(CC(=O)NC2CCCC2)C(=O)N2CCCC2)cc1. The number of benzene rings is 1. The summed E-state index contributed by atoms with van der Waals surface area (Å²) in [5, 5.41) is 2.87. The molecule has 0 bridgehead atoms. The minimum Gasteiger partial charge on any atom is -0.352 e. The molecule has 1 heterocycles. The fourth-order valence-corrected chi connectivity index (χ4v) is 4.98. The first-order valence-corrected chi connectivity index (χ1v) is 11.0. The van der Waals surface area contributed by atoms with Crippen LogP contribution >= 0.6 is 0 Å². The van der Waals surface area contributed by atoms with Gasteiger partial charge in [-0.3, -0.25) is 4.79 Å². The number of carbonyl (C=O) groups excluding carboxylic acids is 2. The van der Waals surface area contributed by atoms with Crippen molar-refractivity contribution in [3.05, 3.63) is 29.8 Å². The smallest absolute Gasteiger partial charge is 0.334 e. The van der Waals surface area contributed by atoms with Crippen LogP contribution in [0.5, 0.6) is 0 Å². The topological polar surface area (TPSA) is 86.8 Å². The Morgan fingerprint density at radius 2 is 1.67 bits per heavy atom. The largest absolute Gasteiger partial charge is 0.352 e. The van der Waals surface area contributed by atoms with Crippen LogP contribution in [-0.4, -0.2) is 55.2 Å². The van der Waals surface area contributed by atoms with Crippen molar-refractivity contribution in [2.45, 2.75) is 56.4 Å². The van der Waals surface area contributed by atoms with E-state index < -0.39 is 28.5 Å². The average molecular weight is 394 g/mol. The lowest BCUT2D eigenvalue weighted by Crippen LogP contribution is -2.50. The maximum absolute atomic E-state index is 13.1. The molecule has 0 spiro atoms. The summed E-state index contributed by atoms with van der Waals surface area (Å²) in [6, 6.07) is 5.78. The number of hydrogen-bond donors (Lipinski definition) is 1. The van der Waals surface area contributed by atoms with Gasteiger partial charge in [0, 0.05) is 19.1 Å². The van der Waals surface area contributed by atoms with Gasteiger partial charge in [0.15, 0.2) is 0 Å². The number of nitrogens with one attached hydrogen (secondary N) is 1. The molecule has 1 aliphatic carbocycles. The van der Waals surface area contributed by atoms with E-state index in [1.165, 1.54) is 17.0 Å². The second-order valence-electron chi connectivity index (χ2n) is 7.35. The highest BCUT2D eigenvalue weighted by Crippen LogP contribution is 2.21. The second-order valence-corrected chi connectivity index (χ2v) is 9.21. The Balaban J connectivity index is 1.82. The zero-order valence-corrected chi connectivity index (χ0v) is 16.5. The molecule has 0 radical (unpaired) electrons. The molecule has 1 aromatic carbocycles. The number of carbonyl (C=O) groups is 2. The summed E-state index contributed by atoms with van der Waals surface area (Å²) in [4.78, 5) is 26.9. The van der Waals surface area contributed by atoms with E-state index in [0.29, 0.717) is 13.1 Å². The highest BCUT2D eigenvalue weighted by Gasteiger charge is 2.35. The summed E-state index contributed by atoms with van der Waals surface area (Å²) in [7, 11) is -4.10. The third-order valence-electron chi connectivity index (χ3n) is 5.21. The Kier molecular flexibility index (Phi) is 6.04. The number of hydrogen-bond acceptors (Lipinski definition) is 4. The Hall–Kier alpha value is -2.09. The van der Waals surface area contributed by atoms with Gasteiger partial charge in [-0.05, 0) is 44.7 Å². The fourth-order valence-electron chi connectivity index (χ4n) is 3.63.